The van der Waals surface area contributed by atoms with Gasteiger partial charge in [0.1, 0.15) is 10.0 Å². The third-order valence-electron chi connectivity index (χ3n) is 5.96. The average molecular weight is 486 g/mol. The van der Waals surface area contributed by atoms with E-state index in [1.54, 1.807) is 0 Å². The monoisotopic (exact) mass is 485 g/mol. The molecular weight excluding hydrogens is 450 g/mol. The van der Waals surface area contributed by atoms with Gasteiger partial charge in [0.05, 0.1) is 6.04 Å². The highest BCUT2D eigenvalue weighted by atomic mass is 32.2. The number of aromatic nitrogens is 2. The molecular formula is C26H35N3O2S2. The molecule has 1 aromatic carbocycles. The molecule has 1 unspecified atom stereocenters. The van der Waals surface area contributed by atoms with Crippen LogP contribution in [-0.2, 0) is 21.9 Å². The van der Waals surface area contributed by atoms with Crippen molar-refractivity contribution in [1.82, 2.24) is 14.3 Å². The number of benzene rings is 1. The van der Waals surface area contributed by atoms with Crippen LogP contribution in [-0.4, -0.2) is 23.5 Å². The van der Waals surface area contributed by atoms with Crippen LogP contribution < -0.4 is 4.72 Å². The van der Waals surface area contributed by atoms with E-state index in [4.69, 9.17) is 0 Å². The largest absolute Gasteiger partial charge is 0.327 e. The minimum atomic E-state index is -3.63. The summed E-state index contributed by atoms with van der Waals surface area (Å²) in [6.07, 6.45) is 5.80. The van der Waals surface area contributed by atoms with Gasteiger partial charge in [-0.15, -0.1) is 11.3 Å². The van der Waals surface area contributed by atoms with Crippen LogP contribution in [0, 0.1) is 5.92 Å². The number of imidazole rings is 1. The Morgan fingerprint density at radius 3 is 2.48 bits per heavy atom. The third-order valence-corrected chi connectivity index (χ3v) is 9.41. The van der Waals surface area contributed by atoms with Crippen LogP contribution in [0.25, 0.3) is 11.1 Å². The van der Waals surface area contributed by atoms with E-state index in [9.17, 15) is 8.42 Å². The van der Waals surface area contributed by atoms with E-state index < -0.39 is 15.6 Å². The van der Waals surface area contributed by atoms with Crippen LogP contribution >= 0.6 is 11.3 Å². The Kier molecular flexibility index (Phi) is 6.13. The van der Waals surface area contributed by atoms with Crippen LogP contribution in [0.2, 0.25) is 0 Å². The van der Waals surface area contributed by atoms with Gasteiger partial charge in [0, 0.05) is 33.8 Å². The lowest BCUT2D eigenvalue weighted by Crippen LogP contribution is -2.40. The molecule has 3 heterocycles. The molecule has 0 bridgehead atoms. The molecule has 33 heavy (non-hydrogen) atoms. The second-order valence-corrected chi connectivity index (χ2v) is 14.3. The summed E-state index contributed by atoms with van der Waals surface area (Å²) in [5.41, 5.74) is 2.43. The summed E-state index contributed by atoms with van der Waals surface area (Å²) in [4.78, 5) is 5.67. The lowest BCUT2D eigenvalue weighted by atomic mass is 9.87. The fourth-order valence-corrected chi connectivity index (χ4v) is 8.07. The van der Waals surface area contributed by atoms with Crippen LogP contribution in [0.15, 0.2) is 46.9 Å². The molecule has 1 N–H and O–H groups in total. The van der Waals surface area contributed by atoms with E-state index in [2.05, 4.69) is 78.5 Å². The molecule has 0 fully saturated rings. The third kappa shape index (κ3) is 4.96. The standard InChI is InChI=1S/C26H35N3O2S2/c1-17(2)14-20-15-21(23(32-20)33(30,31)28-25(3,4)5)18-8-10-19(11-9-18)22-16-26(6,7)24-27-12-13-29(22)24/h8-13,15,17,22,28H,14,16H2,1-7H3. The van der Waals surface area contributed by atoms with Gasteiger partial charge >= 0.3 is 0 Å². The fourth-order valence-electron chi connectivity index (χ4n) is 4.70. The minimum Gasteiger partial charge on any atom is -0.327 e. The zero-order chi connectivity index (χ0) is 24.2. The molecule has 1 aliphatic heterocycles. The Bertz CT molecular complexity index is 1240. The number of rotatable bonds is 6. The number of hydrogen-bond donors (Lipinski definition) is 1. The predicted molar refractivity (Wildman–Crippen MR) is 136 cm³/mol. The number of sulfonamides is 1. The Morgan fingerprint density at radius 2 is 1.88 bits per heavy atom. The van der Waals surface area contributed by atoms with Crippen LogP contribution in [0.5, 0.6) is 0 Å². The van der Waals surface area contributed by atoms with E-state index in [1.807, 2.05) is 27.0 Å². The smallest absolute Gasteiger partial charge is 0.251 e. The van der Waals surface area contributed by atoms with Gasteiger partial charge in [-0.3, -0.25) is 0 Å². The molecule has 4 rings (SSSR count). The summed E-state index contributed by atoms with van der Waals surface area (Å²) in [6, 6.07) is 10.7. The van der Waals surface area contributed by atoms with Gasteiger partial charge in [-0.05, 0) is 56.7 Å². The van der Waals surface area contributed by atoms with Gasteiger partial charge in [0.2, 0.25) is 0 Å². The van der Waals surface area contributed by atoms with Gasteiger partial charge in [-0.2, -0.15) is 0 Å². The van der Waals surface area contributed by atoms with Crippen molar-refractivity contribution in [1.29, 1.82) is 0 Å². The maximum Gasteiger partial charge on any atom is 0.251 e. The minimum absolute atomic E-state index is 0.0335. The molecule has 178 valence electrons. The van der Waals surface area contributed by atoms with Gasteiger partial charge < -0.3 is 4.57 Å². The van der Waals surface area contributed by atoms with Crippen LogP contribution in [0.3, 0.4) is 0 Å². The first kappa shape index (κ1) is 24.2. The summed E-state index contributed by atoms with van der Waals surface area (Å²) in [5, 5.41) is 0. The van der Waals surface area contributed by atoms with Crippen molar-refractivity contribution in [3.63, 3.8) is 0 Å². The molecule has 0 aliphatic carbocycles. The molecule has 2 aromatic heterocycles. The molecule has 0 amide bonds. The Balaban J connectivity index is 1.72. The number of fused-ring (bicyclic) bond motifs is 1. The highest BCUT2D eigenvalue weighted by Gasteiger charge is 2.38. The van der Waals surface area contributed by atoms with Crippen molar-refractivity contribution in [2.45, 2.75) is 82.5 Å². The Labute approximate surface area is 202 Å². The normalized spacial score (nSPS) is 18.1. The summed E-state index contributed by atoms with van der Waals surface area (Å²) >= 11 is 1.39. The number of thiophene rings is 1. The topological polar surface area (TPSA) is 64.0 Å². The first-order valence-corrected chi connectivity index (χ1v) is 13.9. The summed E-state index contributed by atoms with van der Waals surface area (Å²) < 4.78 is 32.1. The molecule has 0 spiro atoms. The second kappa shape index (κ2) is 8.36. The zero-order valence-electron chi connectivity index (χ0n) is 20.6. The molecule has 7 heteroatoms. The van der Waals surface area contributed by atoms with Crippen LogP contribution in [0.1, 0.15) is 77.2 Å². The molecule has 1 atom stereocenters. The van der Waals surface area contributed by atoms with E-state index in [0.717, 1.165) is 34.7 Å². The van der Waals surface area contributed by atoms with Gasteiger partial charge in [0.15, 0.2) is 0 Å². The maximum absolute atomic E-state index is 13.3. The van der Waals surface area contributed by atoms with E-state index >= 15 is 0 Å². The maximum atomic E-state index is 13.3. The molecule has 0 saturated carbocycles. The number of nitrogens with zero attached hydrogens (tertiary/aromatic N) is 2. The second-order valence-electron chi connectivity index (χ2n) is 11.3. The van der Waals surface area contributed by atoms with Crippen LogP contribution in [0.4, 0.5) is 0 Å². The SMILES string of the molecule is CC(C)Cc1cc(-c2ccc(C3CC(C)(C)c4nccn43)cc2)c(S(=O)(=O)NC(C)(C)C)s1. The Morgan fingerprint density at radius 1 is 1.21 bits per heavy atom. The number of hydrogen-bond acceptors (Lipinski definition) is 4. The summed E-state index contributed by atoms with van der Waals surface area (Å²) in [6.45, 7) is 14.4. The predicted octanol–water partition coefficient (Wildman–Crippen LogP) is 6.16. The molecule has 5 nitrogen and oxygen atoms in total. The zero-order valence-corrected chi connectivity index (χ0v) is 22.3. The quantitative estimate of drug-likeness (QED) is 0.455. The summed E-state index contributed by atoms with van der Waals surface area (Å²) in [7, 11) is -3.63. The van der Waals surface area contributed by atoms with E-state index in [-0.39, 0.29) is 11.5 Å². The lowest BCUT2D eigenvalue weighted by molar-refractivity contribution is 0.479. The first-order chi connectivity index (χ1) is 15.3. The van der Waals surface area contributed by atoms with Gasteiger partial charge in [0.25, 0.3) is 10.0 Å². The summed E-state index contributed by atoms with van der Waals surface area (Å²) in [5.74, 6) is 1.58. The number of nitrogens with one attached hydrogen (secondary N) is 1. The first-order valence-electron chi connectivity index (χ1n) is 11.6. The lowest BCUT2D eigenvalue weighted by Gasteiger charge is -2.20. The molecule has 0 saturated heterocycles. The molecule has 3 aromatic rings. The Hall–Kier alpha value is -1.96. The average Bonchev–Trinajstić information content (AvgIpc) is 3.36. The highest BCUT2D eigenvalue weighted by Crippen LogP contribution is 2.44. The van der Waals surface area contributed by atoms with Crippen molar-refractivity contribution < 1.29 is 8.42 Å². The van der Waals surface area contributed by atoms with Crippen molar-refractivity contribution in [2.75, 3.05) is 0 Å². The van der Waals surface area contributed by atoms with Crippen molar-refractivity contribution >= 4 is 21.4 Å². The van der Waals surface area contributed by atoms with E-state index in [0.29, 0.717) is 10.1 Å². The fraction of sp³-hybridized carbons (Fsp3) is 0.500. The molecule has 0 radical (unpaired) electrons. The van der Waals surface area contributed by atoms with Crippen molar-refractivity contribution in [2.24, 2.45) is 5.92 Å². The van der Waals surface area contributed by atoms with Crippen molar-refractivity contribution in [3.8, 4) is 11.1 Å². The van der Waals surface area contributed by atoms with E-state index in [1.165, 1.54) is 16.9 Å². The molecule has 1 aliphatic rings. The van der Waals surface area contributed by atoms with Crippen molar-refractivity contribution in [3.05, 3.63) is 59.0 Å². The van der Waals surface area contributed by atoms with Gasteiger partial charge in [-0.25, -0.2) is 18.1 Å². The highest BCUT2D eigenvalue weighted by molar-refractivity contribution is 7.91. The van der Waals surface area contributed by atoms with Gasteiger partial charge in [-0.1, -0.05) is 52.0 Å².